The van der Waals surface area contributed by atoms with E-state index in [1.165, 1.54) is 0 Å². The van der Waals surface area contributed by atoms with Crippen LogP contribution >= 0.6 is 0 Å². The summed E-state index contributed by atoms with van der Waals surface area (Å²) in [7, 11) is 0. The molecule has 1 radical (unpaired) electrons. The van der Waals surface area contributed by atoms with Gasteiger partial charge in [-0.05, 0) is 18.2 Å². The maximum absolute atomic E-state index is 12.5. The second-order valence-corrected chi connectivity index (χ2v) is 2.03. The molecule has 0 amide bonds. The van der Waals surface area contributed by atoms with E-state index < -0.39 is 23.7 Å². The second kappa shape index (κ2) is 3.20. The van der Waals surface area contributed by atoms with Gasteiger partial charge in [0.2, 0.25) is 5.75 Å². The first-order valence-electron chi connectivity index (χ1n) is 3.01. The fourth-order valence-corrected chi connectivity index (χ4v) is 0.646. The average molecular weight is 197 g/mol. The second-order valence-electron chi connectivity index (χ2n) is 2.03. The molecule has 1 rings (SSSR count). The molecule has 0 saturated heterocycles. The summed E-state index contributed by atoms with van der Waals surface area (Å²) in [4.78, 5) is 0. The van der Waals surface area contributed by atoms with Crippen molar-refractivity contribution in [2.75, 3.05) is 0 Å². The van der Waals surface area contributed by atoms with Crippen LogP contribution in [-0.2, 0) is 0 Å². The minimum absolute atomic E-state index is 0.546. The molecule has 1 aromatic rings. The molecular weight excluding hydrogens is 195 g/mol. The molecule has 0 unspecified atom stereocenters. The third-order valence-corrected chi connectivity index (χ3v) is 1.07. The molecule has 1 aromatic carbocycles. The smallest absolute Gasteiger partial charge is 0.399 e. The Balaban J connectivity index is 3.00. The Kier molecular flexibility index (Phi) is 2.40. The van der Waals surface area contributed by atoms with Crippen molar-refractivity contribution in [3.05, 3.63) is 29.8 Å². The molecule has 71 valence electrons. The largest absolute Gasteiger partial charge is 0.573 e. The van der Waals surface area contributed by atoms with Gasteiger partial charge in [0.1, 0.15) is 0 Å². The van der Waals surface area contributed by atoms with E-state index in [9.17, 15) is 22.0 Å². The van der Waals surface area contributed by atoms with Crippen LogP contribution in [0.5, 0.6) is 5.75 Å². The Morgan fingerprint density at radius 3 is 1.92 bits per heavy atom. The first kappa shape index (κ1) is 9.76. The fraction of sp³-hybridized carbons (Fsp3) is 0.143. The van der Waals surface area contributed by atoms with Crippen LogP contribution in [0.3, 0.4) is 0 Å². The van der Waals surface area contributed by atoms with E-state index in [-0.39, 0.29) is 0 Å². The molecule has 0 aromatic heterocycles. The number of halogens is 5. The van der Waals surface area contributed by atoms with Crippen molar-refractivity contribution in [3.63, 3.8) is 0 Å². The van der Waals surface area contributed by atoms with Gasteiger partial charge in [-0.15, -0.1) is 13.2 Å². The summed E-state index contributed by atoms with van der Waals surface area (Å²) < 4.78 is 62.7. The summed E-state index contributed by atoms with van der Waals surface area (Å²) in [6, 6.07) is 3.05. The van der Waals surface area contributed by atoms with Crippen molar-refractivity contribution in [3.8, 4) is 5.75 Å². The summed E-state index contributed by atoms with van der Waals surface area (Å²) >= 11 is 0. The number of ether oxygens (including phenoxy) is 1. The highest BCUT2D eigenvalue weighted by Crippen LogP contribution is 2.27. The van der Waals surface area contributed by atoms with Crippen LogP contribution in [0.1, 0.15) is 0 Å². The molecule has 13 heavy (non-hydrogen) atoms. The fourth-order valence-electron chi connectivity index (χ4n) is 0.646. The van der Waals surface area contributed by atoms with Gasteiger partial charge in [-0.25, -0.2) is 8.78 Å². The van der Waals surface area contributed by atoms with Crippen LogP contribution in [0.15, 0.2) is 12.1 Å². The molecule has 0 aliphatic rings. The predicted molar refractivity (Wildman–Crippen MR) is 31.9 cm³/mol. The Morgan fingerprint density at radius 2 is 1.54 bits per heavy atom. The molecule has 0 N–H and O–H groups in total. The van der Waals surface area contributed by atoms with Crippen LogP contribution in [0.25, 0.3) is 0 Å². The lowest BCUT2D eigenvalue weighted by atomic mass is 10.3. The Bertz CT molecular complexity index is 286. The SMILES string of the molecule is Fc1c[c]cc(F)c1OC(F)(F)F. The number of hydrogen-bond acceptors (Lipinski definition) is 1. The first-order chi connectivity index (χ1) is 5.90. The van der Waals surface area contributed by atoms with Gasteiger partial charge in [-0.2, -0.15) is 0 Å². The highest BCUT2D eigenvalue weighted by Gasteiger charge is 2.33. The van der Waals surface area contributed by atoms with Crippen molar-refractivity contribution < 1.29 is 26.7 Å². The van der Waals surface area contributed by atoms with E-state index in [1.807, 2.05) is 6.07 Å². The van der Waals surface area contributed by atoms with Crippen molar-refractivity contribution in [2.24, 2.45) is 0 Å². The van der Waals surface area contributed by atoms with Crippen molar-refractivity contribution in [1.29, 1.82) is 0 Å². The van der Waals surface area contributed by atoms with E-state index in [1.54, 1.807) is 0 Å². The molecule has 0 spiro atoms. The molecular formula is C7H2F5O. The Labute approximate surface area is 69.7 Å². The van der Waals surface area contributed by atoms with E-state index in [2.05, 4.69) is 4.74 Å². The summed E-state index contributed by atoms with van der Waals surface area (Å²) in [5.74, 6) is -4.36. The molecule has 0 atom stereocenters. The van der Waals surface area contributed by atoms with Gasteiger partial charge >= 0.3 is 6.36 Å². The van der Waals surface area contributed by atoms with Crippen LogP contribution in [0.4, 0.5) is 22.0 Å². The summed E-state index contributed by atoms with van der Waals surface area (Å²) in [6.07, 6.45) is -5.11. The monoisotopic (exact) mass is 197 g/mol. The maximum Gasteiger partial charge on any atom is 0.573 e. The van der Waals surface area contributed by atoms with Crippen LogP contribution in [-0.4, -0.2) is 6.36 Å². The summed E-state index contributed by atoms with van der Waals surface area (Å²) in [5.41, 5.74) is 0. The minimum atomic E-state index is -5.11. The van der Waals surface area contributed by atoms with Crippen molar-refractivity contribution in [2.45, 2.75) is 6.36 Å². The van der Waals surface area contributed by atoms with E-state index >= 15 is 0 Å². The molecule has 0 aliphatic heterocycles. The first-order valence-corrected chi connectivity index (χ1v) is 3.01. The van der Waals surface area contributed by atoms with E-state index in [0.717, 1.165) is 0 Å². The number of rotatable bonds is 1. The number of hydrogen-bond donors (Lipinski definition) is 0. The van der Waals surface area contributed by atoms with Gasteiger partial charge in [0.05, 0.1) is 0 Å². The quantitative estimate of drug-likeness (QED) is 0.629. The summed E-state index contributed by atoms with van der Waals surface area (Å²) in [6.45, 7) is 0. The lowest BCUT2D eigenvalue weighted by molar-refractivity contribution is -0.276. The van der Waals surface area contributed by atoms with E-state index in [0.29, 0.717) is 12.1 Å². The lowest BCUT2D eigenvalue weighted by Gasteiger charge is -2.09. The zero-order chi connectivity index (χ0) is 10.1. The minimum Gasteiger partial charge on any atom is -0.399 e. The van der Waals surface area contributed by atoms with Crippen molar-refractivity contribution in [1.82, 2.24) is 0 Å². The maximum atomic E-state index is 12.5. The van der Waals surface area contributed by atoms with Gasteiger partial charge in [-0.3, -0.25) is 0 Å². The Hall–Kier alpha value is -1.33. The Morgan fingerprint density at radius 1 is 1.08 bits per heavy atom. The molecule has 1 nitrogen and oxygen atoms in total. The topological polar surface area (TPSA) is 9.23 Å². The van der Waals surface area contributed by atoms with Gasteiger partial charge in [-0.1, -0.05) is 0 Å². The molecule has 0 fully saturated rings. The van der Waals surface area contributed by atoms with Crippen LogP contribution < -0.4 is 4.74 Å². The number of benzene rings is 1. The van der Waals surface area contributed by atoms with E-state index in [4.69, 9.17) is 0 Å². The highest BCUT2D eigenvalue weighted by molar-refractivity contribution is 5.25. The molecule has 0 saturated carbocycles. The molecule has 0 heterocycles. The van der Waals surface area contributed by atoms with Crippen molar-refractivity contribution >= 4 is 0 Å². The van der Waals surface area contributed by atoms with Crippen LogP contribution in [0, 0.1) is 17.7 Å². The van der Waals surface area contributed by atoms with Gasteiger partial charge in [0.15, 0.2) is 11.6 Å². The average Bonchev–Trinajstić information content (AvgIpc) is 1.95. The third kappa shape index (κ3) is 2.57. The zero-order valence-electron chi connectivity index (χ0n) is 5.95. The molecule has 0 bridgehead atoms. The molecule has 0 aliphatic carbocycles. The highest BCUT2D eigenvalue weighted by atomic mass is 19.4. The van der Waals surface area contributed by atoms with Gasteiger partial charge in [0.25, 0.3) is 0 Å². The van der Waals surface area contributed by atoms with Crippen LogP contribution in [0.2, 0.25) is 0 Å². The summed E-state index contributed by atoms with van der Waals surface area (Å²) in [5, 5.41) is 0. The number of alkyl halides is 3. The van der Waals surface area contributed by atoms with Gasteiger partial charge < -0.3 is 4.74 Å². The zero-order valence-corrected chi connectivity index (χ0v) is 5.95. The molecule has 6 heteroatoms. The normalized spacial score (nSPS) is 11.5. The standard InChI is InChI=1S/C7H2F5O/c8-4-2-1-3-5(9)6(4)13-7(10,11)12/h2-3H. The lowest BCUT2D eigenvalue weighted by Crippen LogP contribution is -2.18. The third-order valence-electron chi connectivity index (χ3n) is 1.07. The predicted octanol–water partition coefficient (Wildman–Crippen LogP) is 2.66. The van der Waals surface area contributed by atoms with Gasteiger partial charge in [0, 0.05) is 0 Å².